The number of benzene rings is 4. The van der Waals surface area contributed by atoms with Gasteiger partial charge in [0, 0.05) is 0 Å². The van der Waals surface area contributed by atoms with Gasteiger partial charge in [-0.15, -0.1) is 0 Å². The molecule has 6 rings (SSSR count). The first-order chi connectivity index (χ1) is 31.1. The number of hydrogen-bond acceptors (Lipinski definition) is 16. The molecule has 4 aromatic carbocycles. The zero-order chi connectivity index (χ0) is 47.9. The van der Waals surface area contributed by atoms with E-state index >= 15 is 0 Å². The van der Waals surface area contributed by atoms with Crippen molar-refractivity contribution < 1.29 is 180 Å². The summed E-state index contributed by atoms with van der Waals surface area (Å²) in [4.78, 5) is 39.7. The Bertz CT molecular complexity index is 3550. The van der Waals surface area contributed by atoms with Crippen LogP contribution in [0.2, 0.25) is 0 Å². The third kappa shape index (κ3) is 18.5. The van der Waals surface area contributed by atoms with Gasteiger partial charge in [0.15, 0.2) is 0 Å². The van der Waals surface area contributed by atoms with Gasteiger partial charge >= 0.3 is 118 Å². The van der Waals surface area contributed by atoms with Crippen molar-refractivity contribution in [3.8, 4) is 0 Å². The Morgan fingerprint density at radius 2 is 0.700 bits per heavy atom. The summed E-state index contributed by atoms with van der Waals surface area (Å²) in [6.45, 7) is -0.846. The second-order valence-corrected chi connectivity index (χ2v) is 18.8. The van der Waals surface area contributed by atoms with Crippen LogP contribution < -0.4 is 152 Å². The number of aliphatic hydroxyl groups is 2. The topological polar surface area (TPSA) is 427 Å². The third-order valence-corrected chi connectivity index (χ3v) is 11.9. The Morgan fingerprint density at radius 1 is 0.400 bits per heavy atom. The molecule has 0 saturated heterocycles. The zero-order valence-corrected chi connectivity index (χ0v) is 48.6. The van der Waals surface area contributed by atoms with Crippen LogP contribution in [0.4, 0.5) is 22.7 Å². The van der Waals surface area contributed by atoms with Gasteiger partial charge in [0.25, 0.3) is 40.5 Å². The molecule has 348 valence electrons. The minimum Gasteiger partial charge on any atom is -0.394 e. The maximum absolute atomic E-state index is 12.6. The summed E-state index contributed by atoms with van der Waals surface area (Å²) in [7, 11) is -19.1. The molecule has 0 amide bonds. The predicted octanol–water partition coefficient (Wildman–Crippen LogP) is -12.5. The van der Waals surface area contributed by atoms with E-state index in [1.807, 2.05) is 0 Å². The molecule has 0 atom stereocenters. The van der Waals surface area contributed by atoms with E-state index in [4.69, 9.17) is 0 Å². The average molecular weight is 1080 g/mol. The minimum atomic E-state index is -4.99. The van der Waals surface area contributed by atoms with Gasteiger partial charge in [0.2, 0.25) is 33.7 Å². The Balaban J connectivity index is 0.00000420. The van der Waals surface area contributed by atoms with Gasteiger partial charge < -0.3 is 10.2 Å². The fraction of sp³-hybridized carbons (Fsp3) is 0.111. The SMILES string of the molecule is O=S(=O)(O)c1cccc(N=c2[nH]c(=NCCO)[nH]c(=Nc3ccc(/C=C/c4ccc(N=c5[nH]c(=NCCO)[nH]c(=Nc6cccc(S(=O)(=O)O)c6)[nH]5)cc4S(=O)(=O)O)c(S(=O)(=O)O)c3)[nH]2)c1.[Na+].[Na+].[Na+].[Na+]. The summed E-state index contributed by atoms with van der Waals surface area (Å²) in [5.74, 6) is 0. The van der Waals surface area contributed by atoms with E-state index in [1.54, 1.807) is 0 Å². The van der Waals surface area contributed by atoms with Crippen molar-refractivity contribution in [1.82, 2.24) is 29.9 Å². The largest absolute Gasteiger partial charge is 1.00 e. The monoisotopic (exact) mass is 1080 g/mol. The second-order valence-electron chi connectivity index (χ2n) is 13.2. The molecule has 34 heteroatoms. The number of hydrogen-bond donors (Lipinski definition) is 12. The Morgan fingerprint density at radius 3 is 0.986 bits per heavy atom. The number of aromatic amines is 6. The second kappa shape index (κ2) is 27.3. The van der Waals surface area contributed by atoms with E-state index in [0.717, 1.165) is 48.6 Å². The Kier molecular flexibility index (Phi) is 24.6. The van der Waals surface area contributed by atoms with Crippen molar-refractivity contribution in [1.29, 1.82) is 0 Å². The molecule has 0 unspecified atom stereocenters. The van der Waals surface area contributed by atoms with Crippen LogP contribution >= 0.6 is 0 Å². The first-order valence-electron chi connectivity index (χ1n) is 18.4. The normalized spacial score (nSPS) is 13.7. The van der Waals surface area contributed by atoms with Crippen LogP contribution in [0, 0.1) is 0 Å². The number of aromatic nitrogens is 6. The smallest absolute Gasteiger partial charge is 0.394 e. The zero-order valence-electron chi connectivity index (χ0n) is 37.3. The van der Waals surface area contributed by atoms with Gasteiger partial charge in [0.1, 0.15) is 9.79 Å². The molecule has 0 saturated carbocycles. The summed E-state index contributed by atoms with van der Waals surface area (Å²) in [6.07, 6.45) is 2.28. The molecule has 0 radical (unpaired) electrons. The first kappa shape index (κ1) is 63.1. The number of aliphatic hydroxyl groups excluding tert-OH is 2. The van der Waals surface area contributed by atoms with Crippen LogP contribution in [0.25, 0.3) is 12.2 Å². The predicted molar refractivity (Wildman–Crippen MR) is 229 cm³/mol. The molecule has 6 aromatic rings. The van der Waals surface area contributed by atoms with Gasteiger partial charge in [-0.2, -0.15) is 33.7 Å². The number of rotatable bonds is 14. The van der Waals surface area contributed by atoms with Crippen LogP contribution in [0.1, 0.15) is 11.1 Å². The maximum atomic E-state index is 12.6. The minimum absolute atomic E-state index is 0. The van der Waals surface area contributed by atoms with Crippen LogP contribution in [0.5, 0.6) is 0 Å². The molecule has 0 aliphatic heterocycles. The molecule has 12 N–H and O–H groups in total. The Hall–Kier alpha value is -3.00. The average Bonchev–Trinajstić information content (AvgIpc) is 3.23. The third-order valence-electron chi connectivity index (χ3n) is 8.35. The fourth-order valence-corrected chi connectivity index (χ4v) is 8.04. The van der Waals surface area contributed by atoms with Crippen LogP contribution in [-0.2, 0) is 40.5 Å². The van der Waals surface area contributed by atoms with Crippen LogP contribution in [0.3, 0.4) is 0 Å². The molecule has 0 spiro atoms. The van der Waals surface area contributed by atoms with Crippen molar-refractivity contribution in [3.05, 3.63) is 130 Å². The molecule has 0 fully saturated rings. The molecule has 26 nitrogen and oxygen atoms in total. The van der Waals surface area contributed by atoms with E-state index in [2.05, 4.69) is 59.9 Å². The van der Waals surface area contributed by atoms with Crippen molar-refractivity contribution >= 4 is 75.4 Å². The van der Waals surface area contributed by atoms with Gasteiger partial charge in [-0.05, 0) is 71.8 Å². The summed E-state index contributed by atoms with van der Waals surface area (Å²) < 4.78 is 136. The quantitative estimate of drug-likeness (QED) is 0.0274. The van der Waals surface area contributed by atoms with Crippen molar-refractivity contribution in [2.45, 2.75) is 19.6 Å². The van der Waals surface area contributed by atoms with Gasteiger partial charge in [-0.25, -0.2) is 20.0 Å². The summed E-state index contributed by atoms with van der Waals surface area (Å²) in [5.41, 5.74) is -0.679. The standard InChI is InChI=1S/C36H36N12O14S4.4Na/c49-15-13-37-31-43-33(39-23-3-1-5-27(17-23)63(51,52)53)47-35(45-31)41-25-11-9-21(29(19-25)65(57,58)59)7-8-22-10-12-26(20-30(22)66(60,61)62)42-36-46-32(38-14-16-50)44-34(48-36)40-24-4-2-6-28(18-24)64(54,55)56;;;;/h1-12,17-20,49-50H,13-16H2,(H,51,52,53)(H,54,55,56)(H,57,58,59)(H,60,61,62)(H3,37,39,41,43,45,47)(H3,38,40,42,44,46,48);;;;/q;4*+1/b8-7+;;;;. The van der Waals surface area contributed by atoms with E-state index in [1.165, 1.54) is 48.5 Å². The Labute approximate surface area is 485 Å². The van der Waals surface area contributed by atoms with E-state index in [9.17, 15) is 62.1 Å². The maximum Gasteiger partial charge on any atom is 1.00 e. The molecule has 2 heterocycles. The van der Waals surface area contributed by atoms with Gasteiger partial charge in [-0.1, -0.05) is 36.4 Å². The number of nitrogens with zero attached hydrogens (tertiary/aromatic N) is 6. The summed E-state index contributed by atoms with van der Waals surface area (Å²) in [5, 5.41) is 18.6. The van der Waals surface area contributed by atoms with E-state index in [-0.39, 0.29) is 212 Å². The first-order valence-corrected chi connectivity index (χ1v) is 24.2. The van der Waals surface area contributed by atoms with Gasteiger partial charge in [-0.3, -0.25) is 58.1 Å². The molecular weight excluding hydrogens is 1040 g/mol. The van der Waals surface area contributed by atoms with Crippen LogP contribution in [0.15, 0.2) is 134 Å². The molecule has 0 bridgehead atoms. The molecule has 2 aromatic heterocycles. The van der Waals surface area contributed by atoms with E-state index in [0.29, 0.717) is 0 Å². The number of H-pyrrole nitrogens is 6. The summed E-state index contributed by atoms with van der Waals surface area (Å²) in [6, 6.07) is 17.0. The van der Waals surface area contributed by atoms with Crippen molar-refractivity contribution in [2.75, 3.05) is 26.3 Å². The molecule has 70 heavy (non-hydrogen) atoms. The molecule has 0 aliphatic rings. The van der Waals surface area contributed by atoms with Crippen molar-refractivity contribution in [2.24, 2.45) is 30.0 Å². The van der Waals surface area contributed by atoms with Crippen LogP contribution in [-0.4, -0.2) is 118 Å². The number of nitrogens with one attached hydrogen (secondary N) is 6. The fourth-order valence-electron chi connectivity index (χ4n) is 5.60. The van der Waals surface area contributed by atoms with Gasteiger partial charge in [0.05, 0.1) is 58.8 Å². The van der Waals surface area contributed by atoms with Crippen molar-refractivity contribution in [3.63, 3.8) is 0 Å². The molecule has 0 aliphatic carbocycles. The van der Waals surface area contributed by atoms with E-state index < -0.39 is 60.1 Å². The molecular formula is C36H36N12Na4O14S4+4. The summed E-state index contributed by atoms with van der Waals surface area (Å²) >= 11 is 0.